The molecule has 7 rings (SSSR count). The highest BCUT2D eigenvalue weighted by Crippen LogP contribution is 2.49. The number of nitrogens with one attached hydrogen (secondary N) is 2. The molecule has 190 valence electrons. The molecule has 4 aliphatic heterocycles. The molecule has 1 atom stereocenters. The van der Waals surface area contributed by atoms with Gasteiger partial charge in [0.05, 0.1) is 19.3 Å². The van der Waals surface area contributed by atoms with E-state index in [0.717, 1.165) is 60.3 Å². The Balaban J connectivity index is 1.09. The number of hydrogen-bond acceptors (Lipinski definition) is 6. The number of fused-ring (bicyclic) bond motifs is 5. The fraction of sp³-hybridized carbons (Fsp3) is 0.407. The van der Waals surface area contributed by atoms with Gasteiger partial charge in [0.2, 0.25) is 11.8 Å². The lowest BCUT2D eigenvalue weighted by Gasteiger charge is -2.38. The standard InChI is InChI=1S/C27H26FN5O4/c28-20-4-1-15(17-11-29-31-23(17)20)12-32-9-7-27(8-10-32)14-37-24-18-13-33(21-5-6-22(34)30-25(21)35)26(36)16(18)2-3-19(24)27/h1-4,11,21H,5-10,12-14H2,(H,29,31)(H,30,34,35). The third-order valence-electron chi connectivity index (χ3n) is 8.59. The number of piperidine rings is 2. The van der Waals surface area contributed by atoms with E-state index in [2.05, 4.69) is 20.4 Å². The van der Waals surface area contributed by atoms with Crippen LogP contribution in [0.2, 0.25) is 0 Å². The van der Waals surface area contributed by atoms with Gasteiger partial charge in [-0.3, -0.25) is 29.7 Å². The normalized spacial score (nSPS) is 22.9. The highest BCUT2D eigenvalue weighted by atomic mass is 19.1. The van der Waals surface area contributed by atoms with Crippen LogP contribution in [0, 0.1) is 5.82 Å². The number of ether oxygens (including phenoxy) is 1. The zero-order valence-electron chi connectivity index (χ0n) is 20.2. The molecule has 2 saturated heterocycles. The number of aromatic amines is 1. The second-order valence-corrected chi connectivity index (χ2v) is 10.6. The van der Waals surface area contributed by atoms with Crippen LogP contribution in [0.5, 0.6) is 5.75 Å². The van der Waals surface area contributed by atoms with Crippen molar-refractivity contribution < 1.29 is 23.5 Å². The van der Waals surface area contributed by atoms with Gasteiger partial charge in [-0.1, -0.05) is 12.1 Å². The molecule has 9 nitrogen and oxygen atoms in total. The number of nitrogens with zero attached hydrogens (tertiary/aromatic N) is 3. The number of imide groups is 1. The first-order valence-electron chi connectivity index (χ1n) is 12.7. The molecule has 37 heavy (non-hydrogen) atoms. The van der Waals surface area contributed by atoms with Gasteiger partial charge < -0.3 is 9.64 Å². The number of carbonyl (C=O) groups is 3. The molecule has 5 heterocycles. The molecule has 1 spiro atoms. The van der Waals surface area contributed by atoms with Crippen LogP contribution in [-0.4, -0.2) is 63.5 Å². The van der Waals surface area contributed by atoms with Crippen LogP contribution < -0.4 is 10.1 Å². The number of benzene rings is 2. The summed E-state index contributed by atoms with van der Waals surface area (Å²) in [6.07, 6.45) is 4.08. The summed E-state index contributed by atoms with van der Waals surface area (Å²) in [7, 11) is 0. The molecule has 1 aromatic heterocycles. The number of amides is 3. The molecule has 0 radical (unpaired) electrons. The van der Waals surface area contributed by atoms with E-state index < -0.39 is 11.9 Å². The quantitative estimate of drug-likeness (QED) is 0.532. The summed E-state index contributed by atoms with van der Waals surface area (Å²) >= 11 is 0. The van der Waals surface area contributed by atoms with Crippen LogP contribution in [0.3, 0.4) is 0 Å². The first-order chi connectivity index (χ1) is 17.9. The van der Waals surface area contributed by atoms with Gasteiger partial charge in [0.25, 0.3) is 5.91 Å². The van der Waals surface area contributed by atoms with E-state index in [4.69, 9.17) is 4.74 Å². The van der Waals surface area contributed by atoms with Gasteiger partial charge >= 0.3 is 0 Å². The summed E-state index contributed by atoms with van der Waals surface area (Å²) in [4.78, 5) is 41.1. The van der Waals surface area contributed by atoms with Gasteiger partial charge in [-0.05, 0) is 50.0 Å². The van der Waals surface area contributed by atoms with Crippen LogP contribution >= 0.6 is 0 Å². The molecule has 10 heteroatoms. The SMILES string of the molecule is O=C1CCC(N2Cc3c(ccc4c3OCC43CCN(Cc4ccc(F)c5[nH]ncc45)CC3)C2=O)C(=O)N1. The maximum absolute atomic E-state index is 14.0. The molecule has 4 aliphatic rings. The van der Waals surface area contributed by atoms with Crippen LogP contribution in [0.15, 0.2) is 30.5 Å². The Morgan fingerprint density at radius 1 is 1.14 bits per heavy atom. The predicted molar refractivity (Wildman–Crippen MR) is 130 cm³/mol. The topological polar surface area (TPSA) is 108 Å². The molecule has 0 bridgehead atoms. The Hall–Kier alpha value is -3.79. The Kier molecular flexibility index (Phi) is 4.91. The monoisotopic (exact) mass is 503 g/mol. The second kappa shape index (κ2) is 8.11. The van der Waals surface area contributed by atoms with Crippen molar-refractivity contribution in [3.05, 3.63) is 58.5 Å². The van der Waals surface area contributed by atoms with Gasteiger partial charge in [-0.2, -0.15) is 5.10 Å². The van der Waals surface area contributed by atoms with Crippen molar-refractivity contribution in [3.8, 4) is 5.75 Å². The largest absolute Gasteiger partial charge is 0.492 e. The van der Waals surface area contributed by atoms with E-state index in [0.29, 0.717) is 30.7 Å². The molecule has 2 fully saturated rings. The summed E-state index contributed by atoms with van der Waals surface area (Å²) in [6.45, 7) is 3.36. The smallest absolute Gasteiger partial charge is 0.255 e. The van der Waals surface area contributed by atoms with E-state index in [1.54, 1.807) is 11.1 Å². The van der Waals surface area contributed by atoms with Crippen LogP contribution in [0.1, 0.15) is 52.7 Å². The minimum Gasteiger partial charge on any atom is -0.492 e. The first kappa shape index (κ1) is 22.4. The summed E-state index contributed by atoms with van der Waals surface area (Å²) in [6, 6.07) is 6.58. The summed E-state index contributed by atoms with van der Waals surface area (Å²) in [5, 5.41) is 9.92. The van der Waals surface area contributed by atoms with Gasteiger partial charge in [0.15, 0.2) is 0 Å². The zero-order valence-corrected chi connectivity index (χ0v) is 20.2. The molecule has 0 aliphatic carbocycles. The lowest BCUT2D eigenvalue weighted by molar-refractivity contribution is -0.136. The van der Waals surface area contributed by atoms with Crippen molar-refractivity contribution in [2.24, 2.45) is 0 Å². The van der Waals surface area contributed by atoms with Gasteiger partial charge in [0, 0.05) is 40.5 Å². The van der Waals surface area contributed by atoms with Crippen molar-refractivity contribution in [1.82, 2.24) is 25.3 Å². The number of hydrogen-bond donors (Lipinski definition) is 2. The Bertz CT molecular complexity index is 1470. The number of aromatic nitrogens is 2. The van der Waals surface area contributed by atoms with Crippen LogP contribution in [-0.2, 0) is 28.1 Å². The maximum Gasteiger partial charge on any atom is 0.255 e. The molecule has 0 saturated carbocycles. The van der Waals surface area contributed by atoms with E-state index in [1.807, 2.05) is 18.2 Å². The summed E-state index contributed by atoms with van der Waals surface area (Å²) in [5.74, 6) is -0.399. The van der Waals surface area contributed by atoms with Crippen molar-refractivity contribution in [1.29, 1.82) is 0 Å². The highest BCUT2D eigenvalue weighted by Gasteiger charge is 2.47. The lowest BCUT2D eigenvalue weighted by atomic mass is 9.74. The van der Waals surface area contributed by atoms with Crippen molar-refractivity contribution in [2.45, 2.75) is 50.2 Å². The van der Waals surface area contributed by atoms with Gasteiger partial charge in [-0.15, -0.1) is 0 Å². The molecular weight excluding hydrogens is 477 g/mol. The Morgan fingerprint density at radius 3 is 2.78 bits per heavy atom. The fourth-order valence-electron chi connectivity index (χ4n) is 6.47. The number of H-pyrrole nitrogens is 1. The third kappa shape index (κ3) is 3.38. The number of carbonyl (C=O) groups excluding carboxylic acids is 3. The van der Waals surface area contributed by atoms with Crippen LogP contribution in [0.25, 0.3) is 10.9 Å². The number of likely N-dealkylation sites (tertiary alicyclic amines) is 1. The minimum atomic E-state index is -0.639. The Morgan fingerprint density at radius 2 is 1.97 bits per heavy atom. The average Bonchev–Trinajstić information content (AvgIpc) is 3.60. The molecule has 1 unspecified atom stereocenters. The van der Waals surface area contributed by atoms with E-state index in [-0.39, 0.29) is 29.5 Å². The maximum atomic E-state index is 14.0. The van der Waals surface area contributed by atoms with Crippen molar-refractivity contribution in [3.63, 3.8) is 0 Å². The van der Waals surface area contributed by atoms with E-state index >= 15 is 0 Å². The average molecular weight is 504 g/mol. The molecule has 3 amide bonds. The Labute approximate surface area is 211 Å². The van der Waals surface area contributed by atoms with Gasteiger partial charge in [-0.25, -0.2) is 4.39 Å². The van der Waals surface area contributed by atoms with Crippen LogP contribution in [0.4, 0.5) is 4.39 Å². The molecular formula is C27H26FN5O4. The zero-order chi connectivity index (χ0) is 25.3. The highest BCUT2D eigenvalue weighted by molar-refractivity contribution is 6.05. The molecule has 2 aromatic carbocycles. The van der Waals surface area contributed by atoms with Gasteiger partial charge in [0.1, 0.15) is 23.1 Å². The lowest BCUT2D eigenvalue weighted by Crippen LogP contribution is -2.52. The first-order valence-corrected chi connectivity index (χ1v) is 12.7. The minimum absolute atomic E-state index is 0.111. The molecule has 2 N–H and O–H groups in total. The number of halogens is 1. The third-order valence-corrected chi connectivity index (χ3v) is 8.59. The van der Waals surface area contributed by atoms with Crippen molar-refractivity contribution >= 4 is 28.6 Å². The predicted octanol–water partition coefficient (Wildman–Crippen LogP) is 2.39. The van der Waals surface area contributed by atoms with Crippen molar-refractivity contribution in [2.75, 3.05) is 19.7 Å². The molecule has 3 aromatic rings. The number of rotatable bonds is 3. The fourth-order valence-corrected chi connectivity index (χ4v) is 6.47. The summed E-state index contributed by atoms with van der Waals surface area (Å²) < 4.78 is 20.3. The van der Waals surface area contributed by atoms with E-state index in [9.17, 15) is 18.8 Å². The summed E-state index contributed by atoms with van der Waals surface area (Å²) in [5.41, 5.74) is 3.95. The van der Waals surface area contributed by atoms with E-state index in [1.165, 1.54) is 6.07 Å². The second-order valence-electron chi connectivity index (χ2n) is 10.6.